The van der Waals surface area contributed by atoms with Gasteiger partial charge in [0.2, 0.25) is 0 Å². The number of nitrogens with zero attached hydrogens (tertiary/aromatic N) is 2. The highest BCUT2D eigenvalue weighted by molar-refractivity contribution is 5.33. The molecular formula is C14H16N4O6. The van der Waals surface area contributed by atoms with Crippen molar-refractivity contribution >= 4 is 11.4 Å². The topological polar surface area (TPSA) is 157 Å². The zero-order valence-corrected chi connectivity index (χ0v) is 12.5. The van der Waals surface area contributed by atoms with Crippen molar-refractivity contribution in [3.8, 4) is 0 Å². The minimum Gasteiger partial charge on any atom is -0.300 e. The average Bonchev–Trinajstić information content (AvgIpc) is 2.57. The highest BCUT2D eigenvalue weighted by Gasteiger charge is 2.03. The summed E-state index contributed by atoms with van der Waals surface area (Å²) in [6.45, 7) is 0.524. The van der Waals surface area contributed by atoms with Crippen molar-refractivity contribution < 1.29 is 19.5 Å². The third-order valence-corrected chi connectivity index (χ3v) is 2.79. The lowest BCUT2D eigenvalue weighted by molar-refractivity contribution is -0.385. The first-order valence-corrected chi connectivity index (χ1v) is 6.58. The van der Waals surface area contributed by atoms with Gasteiger partial charge in [-0.3, -0.25) is 29.9 Å². The predicted octanol–water partition coefficient (Wildman–Crippen LogP) is 1.97. The number of nitro benzene ring substituents is 2. The zero-order valence-electron chi connectivity index (χ0n) is 12.5. The molecule has 0 saturated heterocycles. The third kappa shape index (κ3) is 6.46. The molecule has 0 unspecified atom stereocenters. The standard InChI is InChI=1S/2C7H8N2O3/c2*8-12-5-6-1-3-7(4-2-6)9(10)11/h2*1-4H,5,8H2. The van der Waals surface area contributed by atoms with Crippen molar-refractivity contribution in [2.75, 3.05) is 0 Å². The van der Waals surface area contributed by atoms with Gasteiger partial charge in [0.1, 0.15) is 0 Å². The fourth-order valence-corrected chi connectivity index (χ4v) is 1.62. The molecule has 0 aliphatic carbocycles. The van der Waals surface area contributed by atoms with Gasteiger partial charge in [0.05, 0.1) is 23.1 Å². The number of nitrogens with two attached hydrogens (primary N) is 2. The fourth-order valence-electron chi connectivity index (χ4n) is 1.62. The molecule has 0 atom stereocenters. The molecular weight excluding hydrogens is 320 g/mol. The van der Waals surface area contributed by atoms with E-state index in [1.54, 1.807) is 24.3 Å². The van der Waals surface area contributed by atoms with Crippen LogP contribution in [0, 0.1) is 20.2 Å². The molecule has 0 saturated carbocycles. The summed E-state index contributed by atoms with van der Waals surface area (Å²) in [4.78, 5) is 28.3. The summed E-state index contributed by atoms with van der Waals surface area (Å²) in [5, 5.41) is 20.4. The largest absolute Gasteiger partial charge is 0.300 e. The van der Waals surface area contributed by atoms with Crippen LogP contribution in [0.25, 0.3) is 0 Å². The highest BCUT2D eigenvalue weighted by atomic mass is 16.6. The molecule has 2 rings (SSSR count). The number of nitro groups is 2. The first-order chi connectivity index (χ1) is 11.5. The quantitative estimate of drug-likeness (QED) is 0.598. The molecule has 0 aromatic heterocycles. The molecule has 2 aromatic carbocycles. The molecule has 0 spiro atoms. The highest BCUT2D eigenvalue weighted by Crippen LogP contribution is 2.12. The summed E-state index contributed by atoms with van der Waals surface area (Å²) < 4.78 is 0. The van der Waals surface area contributed by atoms with E-state index in [2.05, 4.69) is 9.68 Å². The van der Waals surface area contributed by atoms with E-state index >= 15 is 0 Å². The fraction of sp³-hybridized carbons (Fsp3) is 0.143. The Morgan fingerprint density at radius 2 is 1.00 bits per heavy atom. The first-order valence-electron chi connectivity index (χ1n) is 6.58. The molecule has 24 heavy (non-hydrogen) atoms. The molecule has 10 heteroatoms. The van der Waals surface area contributed by atoms with Crippen LogP contribution in [0.15, 0.2) is 48.5 Å². The van der Waals surface area contributed by atoms with Crippen molar-refractivity contribution in [1.82, 2.24) is 0 Å². The van der Waals surface area contributed by atoms with Gasteiger partial charge in [0.15, 0.2) is 0 Å². The van der Waals surface area contributed by atoms with Crippen molar-refractivity contribution in [2.24, 2.45) is 11.8 Å². The molecule has 0 heterocycles. The summed E-state index contributed by atoms with van der Waals surface area (Å²) in [6, 6.07) is 12.1. The Labute approximate surface area is 136 Å². The Bertz CT molecular complexity index is 600. The molecule has 0 amide bonds. The molecule has 10 nitrogen and oxygen atoms in total. The van der Waals surface area contributed by atoms with Crippen LogP contribution in [0.4, 0.5) is 11.4 Å². The Morgan fingerprint density at radius 3 is 1.21 bits per heavy atom. The number of non-ortho nitro benzene ring substituents is 2. The van der Waals surface area contributed by atoms with E-state index in [1.165, 1.54) is 24.3 Å². The second-order valence-corrected chi connectivity index (χ2v) is 4.47. The SMILES string of the molecule is NOCc1ccc([N+](=O)[O-])cc1.NOCc1ccc([N+](=O)[O-])cc1. The number of hydrogen-bond acceptors (Lipinski definition) is 8. The molecule has 0 radical (unpaired) electrons. The van der Waals surface area contributed by atoms with Crippen molar-refractivity contribution in [1.29, 1.82) is 0 Å². The molecule has 0 aliphatic rings. The van der Waals surface area contributed by atoms with Crippen LogP contribution >= 0.6 is 0 Å². The van der Waals surface area contributed by atoms with Gasteiger partial charge in [0.25, 0.3) is 11.4 Å². The summed E-state index contributed by atoms with van der Waals surface area (Å²) in [5.41, 5.74) is 1.75. The predicted molar refractivity (Wildman–Crippen MR) is 84.1 cm³/mol. The van der Waals surface area contributed by atoms with Crippen LogP contribution in [-0.4, -0.2) is 9.85 Å². The van der Waals surface area contributed by atoms with Crippen LogP contribution in [-0.2, 0) is 22.9 Å². The smallest absolute Gasteiger partial charge is 0.269 e. The Hall–Kier alpha value is -2.92. The van der Waals surface area contributed by atoms with E-state index in [-0.39, 0.29) is 24.6 Å². The summed E-state index contributed by atoms with van der Waals surface area (Å²) >= 11 is 0. The van der Waals surface area contributed by atoms with Gasteiger partial charge in [-0.05, 0) is 35.4 Å². The second kappa shape index (κ2) is 9.97. The summed E-state index contributed by atoms with van der Waals surface area (Å²) in [5.74, 6) is 9.65. The van der Waals surface area contributed by atoms with E-state index in [0.29, 0.717) is 0 Å². The van der Waals surface area contributed by atoms with Gasteiger partial charge in [-0.1, -0.05) is 0 Å². The van der Waals surface area contributed by atoms with E-state index in [0.717, 1.165) is 11.1 Å². The van der Waals surface area contributed by atoms with Crippen LogP contribution < -0.4 is 11.8 Å². The van der Waals surface area contributed by atoms with E-state index in [9.17, 15) is 20.2 Å². The maximum atomic E-state index is 10.2. The molecule has 0 aliphatic heterocycles. The monoisotopic (exact) mass is 336 g/mol. The third-order valence-electron chi connectivity index (χ3n) is 2.79. The van der Waals surface area contributed by atoms with Crippen molar-refractivity contribution in [3.05, 3.63) is 79.9 Å². The van der Waals surface area contributed by atoms with Gasteiger partial charge in [-0.2, -0.15) is 0 Å². The molecule has 0 fully saturated rings. The van der Waals surface area contributed by atoms with Crippen LogP contribution in [0.3, 0.4) is 0 Å². The summed E-state index contributed by atoms with van der Waals surface area (Å²) in [7, 11) is 0. The number of hydrogen-bond donors (Lipinski definition) is 2. The zero-order chi connectivity index (χ0) is 17.9. The molecule has 2 aromatic rings. The first kappa shape index (κ1) is 19.1. The molecule has 0 bridgehead atoms. The lowest BCUT2D eigenvalue weighted by atomic mass is 10.2. The van der Waals surface area contributed by atoms with Gasteiger partial charge in [-0.25, -0.2) is 11.8 Å². The minimum atomic E-state index is -0.451. The number of benzene rings is 2. The van der Waals surface area contributed by atoms with Gasteiger partial charge < -0.3 is 0 Å². The lowest BCUT2D eigenvalue weighted by Gasteiger charge is -1.96. The lowest BCUT2D eigenvalue weighted by Crippen LogP contribution is -1.98. The Morgan fingerprint density at radius 1 is 0.708 bits per heavy atom. The summed E-state index contributed by atoms with van der Waals surface area (Å²) in [6.07, 6.45) is 0. The number of rotatable bonds is 6. The normalized spacial score (nSPS) is 9.75. The Balaban J connectivity index is 0.000000240. The molecule has 4 N–H and O–H groups in total. The van der Waals surface area contributed by atoms with E-state index in [1.807, 2.05) is 0 Å². The maximum Gasteiger partial charge on any atom is 0.269 e. The van der Waals surface area contributed by atoms with Crippen LogP contribution in [0.1, 0.15) is 11.1 Å². The van der Waals surface area contributed by atoms with Gasteiger partial charge in [-0.15, -0.1) is 0 Å². The van der Waals surface area contributed by atoms with Gasteiger partial charge >= 0.3 is 0 Å². The van der Waals surface area contributed by atoms with Gasteiger partial charge in [0, 0.05) is 24.3 Å². The van der Waals surface area contributed by atoms with Crippen LogP contribution in [0.2, 0.25) is 0 Å². The van der Waals surface area contributed by atoms with E-state index < -0.39 is 9.85 Å². The average molecular weight is 336 g/mol. The molecule has 128 valence electrons. The second-order valence-electron chi connectivity index (χ2n) is 4.47. The van der Waals surface area contributed by atoms with Crippen molar-refractivity contribution in [2.45, 2.75) is 13.2 Å². The van der Waals surface area contributed by atoms with Crippen LogP contribution in [0.5, 0.6) is 0 Å². The maximum absolute atomic E-state index is 10.2. The minimum absolute atomic E-state index is 0.0655. The van der Waals surface area contributed by atoms with E-state index in [4.69, 9.17) is 11.8 Å². The Kier molecular flexibility index (Phi) is 7.94. The van der Waals surface area contributed by atoms with Crippen molar-refractivity contribution in [3.63, 3.8) is 0 Å².